The molecule has 38 heteroatoms. The van der Waals surface area contributed by atoms with E-state index in [0.29, 0.717) is 188 Å². The molecule has 0 saturated carbocycles. The van der Waals surface area contributed by atoms with Gasteiger partial charge >= 0.3 is 6.03 Å². The van der Waals surface area contributed by atoms with Gasteiger partial charge in [-0.05, 0) is 144 Å². The number of carbonyl (C=O) groups excluding carboxylic acids is 1. The standard InChI is InChI=1S/C79H111Cl6N13O16S3/c1-95-52-70(67-46-61(80)49-76(83)73(67)55-95)58-7-4-10-64(43-58)115(100,101)92-19-28-109-34-40-112-37-31-106-25-16-87-79(99)86-13-22-98(23-14-88-90-17-26-107-32-38-113-41-35-110-29-20-93-116(102,103)65-11-5-8-59(44-65)71-53-96(2)56-74-68(71)47-62(81)50-77(74)84)24-15-89-91-18-27-108-33-39-114-42-36-111-30-21-94-117(104,105)66-12-6-9-60(45-66)72-54-97(3)57-75-69(72)48-63(82)51-78(75)85/h4-12,43-51,70-72,88-94H,13-42,52-57H2,1-3H3,(H2,86,87,99)/t70-,71-,72-/m0/s1. The monoisotopic (exact) mass is 1800 g/mol. The minimum atomic E-state index is -3.82. The normalized spacial score (nSPS) is 16.2. The molecule has 0 aliphatic carbocycles. The van der Waals surface area contributed by atoms with E-state index < -0.39 is 30.1 Å². The van der Waals surface area contributed by atoms with E-state index in [9.17, 15) is 30.0 Å². The lowest BCUT2D eigenvalue weighted by Crippen LogP contribution is -2.47. The first-order valence-electron chi connectivity index (χ1n) is 39.1. The van der Waals surface area contributed by atoms with Crippen molar-refractivity contribution >= 4 is 106 Å². The number of hydrazine groups is 2. The van der Waals surface area contributed by atoms with Crippen molar-refractivity contribution in [3.63, 3.8) is 0 Å². The van der Waals surface area contributed by atoms with E-state index in [4.69, 9.17) is 112 Å². The van der Waals surface area contributed by atoms with Gasteiger partial charge < -0.3 is 68.0 Å². The Bertz CT molecular complexity index is 4250. The summed E-state index contributed by atoms with van der Waals surface area (Å²) in [7, 11) is -5.42. The van der Waals surface area contributed by atoms with Gasteiger partial charge in [-0.2, -0.15) is 0 Å². The first kappa shape index (κ1) is 96.2. The number of hydrogen-bond donors (Lipinski definition) is 9. The summed E-state index contributed by atoms with van der Waals surface area (Å²) in [5.74, 6) is -0.312. The molecule has 648 valence electrons. The number of nitrogens with one attached hydrogen (secondary N) is 9. The summed E-state index contributed by atoms with van der Waals surface area (Å²) in [6, 6.07) is 31.4. The molecule has 3 aliphatic heterocycles. The number of fused-ring (bicyclic) bond motifs is 3. The van der Waals surface area contributed by atoms with Gasteiger partial charge in [-0.15, -0.1) is 0 Å². The molecule has 3 atom stereocenters. The Kier molecular flexibility index (Phi) is 41.8. The van der Waals surface area contributed by atoms with Gasteiger partial charge in [0, 0.05) is 166 Å². The van der Waals surface area contributed by atoms with Crippen LogP contribution in [0.25, 0.3) is 0 Å². The number of nitrogens with zero attached hydrogens (tertiary/aromatic N) is 4. The molecule has 3 heterocycles. The maximum absolute atomic E-state index is 13.3. The molecule has 0 bridgehead atoms. The second-order valence-electron chi connectivity index (χ2n) is 28.3. The zero-order valence-corrected chi connectivity index (χ0v) is 73.4. The van der Waals surface area contributed by atoms with E-state index in [-0.39, 0.29) is 118 Å². The van der Waals surface area contributed by atoms with Crippen molar-refractivity contribution in [3.05, 3.63) is 189 Å². The van der Waals surface area contributed by atoms with Crippen LogP contribution in [0.3, 0.4) is 0 Å². The van der Waals surface area contributed by atoms with E-state index in [1.54, 1.807) is 72.8 Å². The third-order valence-electron chi connectivity index (χ3n) is 19.4. The zero-order chi connectivity index (χ0) is 83.4. The molecule has 6 aromatic rings. The molecule has 0 saturated heterocycles. The van der Waals surface area contributed by atoms with Crippen molar-refractivity contribution in [1.82, 2.24) is 66.1 Å². The first-order valence-corrected chi connectivity index (χ1v) is 45.8. The van der Waals surface area contributed by atoms with Crippen LogP contribution >= 0.6 is 69.6 Å². The second kappa shape index (κ2) is 50.8. The molecular formula is C79H111Cl6N13O16S3. The molecule has 0 radical (unpaired) electrons. The molecule has 3 aliphatic rings. The first-order chi connectivity index (χ1) is 56.4. The largest absolute Gasteiger partial charge is 0.378 e. The highest BCUT2D eigenvalue weighted by atomic mass is 35.5. The van der Waals surface area contributed by atoms with Gasteiger partial charge in [0.1, 0.15) is 0 Å². The van der Waals surface area contributed by atoms with Crippen LogP contribution in [0, 0.1) is 0 Å². The fourth-order valence-electron chi connectivity index (χ4n) is 13.7. The molecule has 9 N–H and O–H groups in total. The summed E-state index contributed by atoms with van der Waals surface area (Å²) in [6.45, 7) is 14.6. The predicted octanol–water partition coefficient (Wildman–Crippen LogP) is 7.51. The number of hydrogen-bond acceptors (Lipinski definition) is 24. The van der Waals surface area contributed by atoms with Gasteiger partial charge in [0.2, 0.25) is 30.1 Å². The van der Waals surface area contributed by atoms with Crippen molar-refractivity contribution in [2.75, 3.05) is 238 Å². The van der Waals surface area contributed by atoms with E-state index in [0.717, 1.165) is 50.1 Å². The number of likely N-dealkylation sites (N-methyl/N-ethyl adjacent to an activating group) is 3. The van der Waals surface area contributed by atoms with Crippen LogP contribution in [-0.4, -0.2) is 289 Å². The van der Waals surface area contributed by atoms with Crippen molar-refractivity contribution in [3.8, 4) is 0 Å². The number of carbonyl (C=O) groups is 1. The lowest BCUT2D eigenvalue weighted by atomic mass is 9.85. The molecule has 117 heavy (non-hydrogen) atoms. The van der Waals surface area contributed by atoms with Crippen molar-refractivity contribution < 1.29 is 72.7 Å². The van der Waals surface area contributed by atoms with Crippen LogP contribution in [0.5, 0.6) is 0 Å². The summed E-state index contributed by atoms with van der Waals surface area (Å²) in [4.78, 5) is 21.9. The third-order valence-corrected chi connectivity index (χ3v) is 25.4. The summed E-state index contributed by atoms with van der Waals surface area (Å²) in [5.41, 5.74) is 21.3. The van der Waals surface area contributed by atoms with Crippen LogP contribution in [0.15, 0.2) is 124 Å². The van der Waals surface area contributed by atoms with Crippen molar-refractivity contribution in [2.24, 2.45) is 0 Å². The molecule has 0 fully saturated rings. The highest BCUT2D eigenvalue weighted by molar-refractivity contribution is 7.90. The van der Waals surface area contributed by atoms with Crippen molar-refractivity contribution in [1.29, 1.82) is 0 Å². The molecule has 6 aromatic carbocycles. The summed E-state index contributed by atoms with van der Waals surface area (Å²) in [5, 5.41) is 9.13. The van der Waals surface area contributed by atoms with E-state index in [2.05, 4.69) is 66.1 Å². The lowest BCUT2D eigenvalue weighted by Gasteiger charge is -2.33. The zero-order valence-electron chi connectivity index (χ0n) is 66.4. The predicted molar refractivity (Wildman–Crippen MR) is 456 cm³/mol. The van der Waals surface area contributed by atoms with Gasteiger partial charge in [-0.3, -0.25) is 26.6 Å². The Balaban J connectivity index is 0.585. The molecule has 0 unspecified atom stereocenters. The van der Waals surface area contributed by atoms with Gasteiger partial charge in [0.15, 0.2) is 0 Å². The van der Waals surface area contributed by atoms with E-state index in [1.807, 2.05) is 57.5 Å². The van der Waals surface area contributed by atoms with Gasteiger partial charge in [0.05, 0.1) is 134 Å². The molecule has 0 spiro atoms. The molecule has 29 nitrogen and oxygen atoms in total. The maximum Gasteiger partial charge on any atom is 0.314 e. The van der Waals surface area contributed by atoms with Gasteiger partial charge in [-0.1, -0.05) is 106 Å². The number of benzene rings is 6. The molecule has 0 aromatic heterocycles. The Hall–Kier alpha value is -4.62. The number of sulfonamides is 3. The highest BCUT2D eigenvalue weighted by Crippen LogP contribution is 2.42. The number of rotatable bonds is 56. The molecule has 2 amide bonds. The third kappa shape index (κ3) is 32.5. The van der Waals surface area contributed by atoms with Crippen LogP contribution in [0.1, 0.15) is 67.8 Å². The van der Waals surface area contributed by atoms with E-state index >= 15 is 0 Å². The van der Waals surface area contributed by atoms with Crippen LogP contribution < -0.4 is 46.5 Å². The minimum absolute atomic E-state index is 0.0760. The maximum atomic E-state index is 13.3. The van der Waals surface area contributed by atoms with Crippen molar-refractivity contribution in [2.45, 2.75) is 52.1 Å². The second-order valence-corrected chi connectivity index (χ2v) is 36.1. The SMILES string of the molecule is CN1Cc2c(Cl)cc(Cl)cc2[C@H](c2cccc(S(=O)(=O)NCCOCCOCCOCCNNCCN(CCNNCCOCCOCCOCCNS(=O)(=O)c3cccc([C@@H]4CN(C)Cc5c(Cl)cc(Cl)cc54)c3)CCNC(=O)NCCOCCOCCOCCNS(=O)(=O)c3cccc([C@@H]4CN(C)Cc5c(Cl)cc(Cl)cc54)c3)c2)C1. The fourth-order valence-corrected chi connectivity index (χ4v) is 18.6. The number of halogens is 6. The Morgan fingerprint density at radius 2 is 0.615 bits per heavy atom. The van der Waals surface area contributed by atoms with Gasteiger partial charge in [0.25, 0.3) is 0 Å². The number of urea groups is 1. The van der Waals surface area contributed by atoms with Crippen LogP contribution in [-0.2, 0) is 92.3 Å². The smallest absolute Gasteiger partial charge is 0.314 e. The number of ether oxygens (including phenoxy) is 9. The molecule has 9 rings (SSSR count). The number of amides is 2. The fraction of sp³-hybridized carbons (Fsp3) is 0.532. The van der Waals surface area contributed by atoms with Gasteiger partial charge in [-0.25, -0.2) is 44.2 Å². The van der Waals surface area contributed by atoms with E-state index in [1.165, 1.54) is 0 Å². The van der Waals surface area contributed by atoms with Crippen LogP contribution in [0.2, 0.25) is 30.1 Å². The Morgan fingerprint density at radius 3 is 0.932 bits per heavy atom. The summed E-state index contributed by atoms with van der Waals surface area (Å²) in [6.07, 6.45) is 0. The summed E-state index contributed by atoms with van der Waals surface area (Å²) >= 11 is 38.8. The molecular weight excluding hydrogens is 1700 g/mol. The average molecular weight is 1810 g/mol. The summed E-state index contributed by atoms with van der Waals surface area (Å²) < 4.78 is 139. The lowest BCUT2D eigenvalue weighted by molar-refractivity contribution is 0.0158. The quantitative estimate of drug-likeness (QED) is 0.0132. The van der Waals surface area contributed by atoms with Crippen LogP contribution in [0.4, 0.5) is 4.79 Å². The Morgan fingerprint density at radius 1 is 0.350 bits per heavy atom. The highest BCUT2D eigenvalue weighted by Gasteiger charge is 2.32. The Labute approximate surface area is 719 Å². The topological polar surface area (TPSA) is 324 Å². The minimum Gasteiger partial charge on any atom is -0.378 e. The average Bonchev–Trinajstić information content (AvgIpc) is 0.782.